The van der Waals surface area contributed by atoms with Crippen molar-refractivity contribution < 1.29 is 9.59 Å². The molecule has 2 amide bonds. The Bertz CT molecular complexity index is 2910. The minimum absolute atomic E-state index is 0.279. The van der Waals surface area contributed by atoms with Crippen molar-refractivity contribution in [2.75, 3.05) is 24.7 Å². The number of carbonyl (C=O) groups excluding carboxylic acids is 2. The van der Waals surface area contributed by atoms with Gasteiger partial charge in [-0.2, -0.15) is 0 Å². The molecule has 16 heteroatoms. The van der Waals surface area contributed by atoms with Crippen molar-refractivity contribution in [3.05, 3.63) is 214 Å². The molecular formula is C52H48N14O2. The molecule has 0 saturated heterocycles. The highest BCUT2D eigenvalue weighted by Crippen LogP contribution is 2.21. The van der Waals surface area contributed by atoms with E-state index in [1.807, 2.05) is 72.8 Å². The summed E-state index contributed by atoms with van der Waals surface area (Å²) < 4.78 is 0. The molecule has 0 fully saturated rings. The summed E-state index contributed by atoms with van der Waals surface area (Å²) >= 11 is 0. The van der Waals surface area contributed by atoms with Crippen LogP contribution in [-0.4, -0.2) is 60.9 Å². The molecule has 0 aromatic heterocycles. The van der Waals surface area contributed by atoms with E-state index in [0.29, 0.717) is 79.7 Å². The zero-order valence-electron chi connectivity index (χ0n) is 37.1. The van der Waals surface area contributed by atoms with Gasteiger partial charge in [-0.25, -0.2) is 20.0 Å². The van der Waals surface area contributed by atoms with Gasteiger partial charge in [-0.3, -0.25) is 19.6 Å². The number of hydrogen-bond donors (Lipinski definition) is 8. The maximum absolute atomic E-state index is 13.3. The minimum atomic E-state index is -0.398. The van der Waals surface area contributed by atoms with Crippen molar-refractivity contribution in [1.82, 2.24) is 0 Å². The summed E-state index contributed by atoms with van der Waals surface area (Å²) in [5.41, 5.74) is 45.5. The van der Waals surface area contributed by atoms with Crippen molar-refractivity contribution in [1.29, 1.82) is 0 Å². The molecule has 0 heterocycles. The molecule has 14 N–H and O–H groups in total. The van der Waals surface area contributed by atoms with Crippen LogP contribution in [-0.2, 0) is 0 Å². The molecular weight excluding hydrogens is 853 g/mol. The molecule has 68 heavy (non-hydrogen) atoms. The van der Waals surface area contributed by atoms with Gasteiger partial charge in [-0.1, -0.05) is 6.07 Å². The van der Waals surface area contributed by atoms with Crippen LogP contribution in [0.3, 0.4) is 0 Å². The lowest BCUT2D eigenvalue weighted by Gasteiger charge is -2.09. The third-order valence-electron chi connectivity index (χ3n) is 10.4. The summed E-state index contributed by atoms with van der Waals surface area (Å²) in [7, 11) is 3.27. The Labute approximate surface area is 392 Å². The maximum Gasteiger partial charge on any atom is 0.255 e. The molecule has 0 aliphatic carbocycles. The number of benzene rings is 7. The summed E-state index contributed by atoms with van der Waals surface area (Å²) in [6.45, 7) is 0. The van der Waals surface area contributed by atoms with Crippen LogP contribution in [0.2, 0.25) is 0 Å². The van der Waals surface area contributed by atoms with Gasteiger partial charge in [0.25, 0.3) is 11.8 Å². The van der Waals surface area contributed by atoms with Crippen molar-refractivity contribution >= 4 is 81.0 Å². The van der Waals surface area contributed by atoms with Crippen LogP contribution in [0.1, 0.15) is 54.1 Å². The zero-order valence-corrected chi connectivity index (χ0v) is 37.1. The quantitative estimate of drug-likeness (QED) is 0.0414. The number of nitrogens with one attached hydrogen (secondary N) is 2. The van der Waals surface area contributed by atoms with Gasteiger partial charge < -0.3 is 45.0 Å². The van der Waals surface area contributed by atoms with E-state index < -0.39 is 11.8 Å². The van der Waals surface area contributed by atoms with E-state index in [1.54, 1.807) is 105 Å². The molecule has 0 atom stereocenters. The van der Waals surface area contributed by atoms with Gasteiger partial charge in [0.1, 0.15) is 35.0 Å². The lowest BCUT2D eigenvalue weighted by Crippen LogP contribution is -2.16. The Hall–Kier alpha value is -9.70. The van der Waals surface area contributed by atoms with Gasteiger partial charge in [0, 0.05) is 70.0 Å². The molecule has 0 aliphatic heterocycles. The van der Waals surface area contributed by atoms with E-state index in [0.717, 1.165) is 22.3 Å². The fourth-order valence-corrected chi connectivity index (χ4v) is 6.56. The van der Waals surface area contributed by atoms with Crippen LogP contribution in [0.5, 0.6) is 0 Å². The molecule has 0 spiro atoms. The largest absolute Gasteiger partial charge is 0.384 e. The van der Waals surface area contributed by atoms with E-state index in [-0.39, 0.29) is 11.7 Å². The number of amides is 2. The average molecular weight is 901 g/mol. The first kappa shape index (κ1) is 46.3. The summed E-state index contributed by atoms with van der Waals surface area (Å²) in [4.78, 5) is 52.5. The highest BCUT2D eigenvalue weighted by molar-refractivity contribution is 6.09. The Kier molecular flexibility index (Phi) is 14.5. The second-order valence-corrected chi connectivity index (χ2v) is 15.0. The first-order chi connectivity index (χ1) is 32.8. The molecule has 338 valence electrons. The number of rotatable bonds is 14. The third-order valence-corrected chi connectivity index (χ3v) is 10.4. The molecule has 0 radical (unpaired) electrons. The van der Waals surface area contributed by atoms with E-state index in [4.69, 9.17) is 34.4 Å². The molecule has 0 unspecified atom stereocenters. The monoisotopic (exact) mass is 900 g/mol. The van der Waals surface area contributed by atoms with Gasteiger partial charge in [0.05, 0.1) is 22.7 Å². The number of hydrogen-bond acceptors (Lipinski definition) is 8. The van der Waals surface area contributed by atoms with Gasteiger partial charge in [0.15, 0.2) is 0 Å². The van der Waals surface area contributed by atoms with Gasteiger partial charge in [0.2, 0.25) is 0 Å². The number of nitrogens with zero attached hydrogens (tertiary/aromatic N) is 6. The fourth-order valence-electron chi connectivity index (χ4n) is 6.56. The van der Waals surface area contributed by atoms with Crippen LogP contribution in [0.15, 0.2) is 200 Å². The Morgan fingerprint density at radius 3 is 0.809 bits per heavy atom. The highest BCUT2D eigenvalue weighted by Gasteiger charge is 2.13. The summed E-state index contributed by atoms with van der Waals surface area (Å²) in [6, 6.07) is 49.3. The summed E-state index contributed by atoms with van der Waals surface area (Å²) in [6.07, 6.45) is 0. The van der Waals surface area contributed by atoms with E-state index in [9.17, 15) is 9.59 Å². The summed E-state index contributed by atoms with van der Waals surface area (Å²) in [5.74, 6) is 1.32. The lowest BCUT2D eigenvalue weighted by molar-refractivity contribution is 0.102. The fraction of sp³-hybridized carbons (Fsp3) is 0.0385. The van der Waals surface area contributed by atoms with Crippen molar-refractivity contribution in [2.24, 2.45) is 64.4 Å². The van der Waals surface area contributed by atoms with Gasteiger partial charge in [-0.05, 0) is 164 Å². The first-order valence-corrected chi connectivity index (χ1v) is 21.0. The predicted molar refractivity (Wildman–Crippen MR) is 276 cm³/mol. The lowest BCUT2D eigenvalue weighted by atomic mass is 10.1. The van der Waals surface area contributed by atoms with Crippen LogP contribution >= 0.6 is 0 Å². The molecule has 7 aromatic carbocycles. The molecule has 7 aromatic rings. The number of anilines is 2. The third kappa shape index (κ3) is 11.9. The first-order valence-electron chi connectivity index (χ1n) is 21.0. The van der Waals surface area contributed by atoms with Gasteiger partial charge in [-0.15, -0.1) is 0 Å². The smallest absolute Gasteiger partial charge is 0.255 e. The molecule has 0 aliphatic rings. The molecule has 7 rings (SSSR count). The number of nitrogens with two attached hydrogens (primary N) is 6. The molecule has 0 saturated carbocycles. The second kappa shape index (κ2) is 21.3. The maximum atomic E-state index is 13.3. The predicted octanol–water partition coefficient (Wildman–Crippen LogP) is 7.01. The second-order valence-electron chi connectivity index (χ2n) is 15.0. The van der Waals surface area contributed by atoms with Crippen molar-refractivity contribution in [3.63, 3.8) is 0 Å². The number of amidine groups is 6. The van der Waals surface area contributed by atoms with Gasteiger partial charge >= 0.3 is 0 Å². The highest BCUT2D eigenvalue weighted by atomic mass is 16.2. The number of aliphatic imine (C=N–C) groups is 6. The van der Waals surface area contributed by atoms with Crippen LogP contribution in [0, 0.1) is 0 Å². The van der Waals surface area contributed by atoms with Crippen molar-refractivity contribution in [3.8, 4) is 0 Å². The van der Waals surface area contributed by atoms with Crippen LogP contribution in [0.4, 0.5) is 34.1 Å². The molecule has 16 nitrogen and oxygen atoms in total. The average Bonchev–Trinajstić information content (AvgIpc) is 3.37. The topological polar surface area (TPSA) is 288 Å². The minimum Gasteiger partial charge on any atom is -0.384 e. The summed E-state index contributed by atoms with van der Waals surface area (Å²) in [5, 5.41) is 5.73. The SMILES string of the molecule is CN=C(N)c1ccc(N=C(N)c2ccc(N=C(N)c3ccc(NC(=O)c4cccc(C(=O)Nc5ccc(C(N)=Nc6ccc(C(N)=Nc7ccc(C(N)=NC)cc7)cc6)cc5)c4)cc3)cc2)cc1. The molecule has 0 bridgehead atoms. The van der Waals surface area contributed by atoms with E-state index >= 15 is 0 Å². The Balaban J connectivity index is 0.907. The van der Waals surface area contributed by atoms with Crippen LogP contribution < -0.4 is 45.0 Å². The van der Waals surface area contributed by atoms with E-state index in [1.165, 1.54) is 6.07 Å². The Morgan fingerprint density at radius 2 is 0.559 bits per heavy atom. The Morgan fingerprint density at radius 1 is 0.324 bits per heavy atom. The zero-order chi connectivity index (χ0) is 48.2. The van der Waals surface area contributed by atoms with Crippen molar-refractivity contribution in [2.45, 2.75) is 0 Å². The normalized spacial score (nSPS) is 12.7. The van der Waals surface area contributed by atoms with Crippen LogP contribution in [0.25, 0.3) is 0 Å². The number of carbonyl (C=O) groups is 2. The van der Waals surface area contributed by atoms with E-state index in [2.05, 4.69) is 40.6 Å². The standard InChI is InChI=1S/C52H48N14O2/c1-59-45(53)31-6-18-39(19-7-31)61-47(55)33-10-22-41(23-11-33)63-49(57)35-14-26-43(27-15-35)65-51(67)37-4-3-5-38(30-37)52(68)66-44-28-16-36(17-29-44)50(58)64-42-24-12-34(13-25-42)48(56)62-40-20-8-32(9-21-40)46(54)60-2/h3-30H,1-2H3,(H2,53,59)(H2,54,60)(H2,55,61)(H2,56,62)(H2,57,63)(H2,58,64)(H,65,67)(H,66,68).